The molecule has 0 unspecified atom stereocenters. The smallest absolute Gasteiger partial charge is 0.257 e. The Hall–Kier alpha value is -2.45. The second kappa shape index (κ2) is 8.24. The topological polar surface area (TPSA) is 81.3 Å². The number of anilines is 1. The van der Waals surface area contributed by atoms with Crippen LogP contribution in [0.25, 0.3) is 11.6 Å². The lowest BCUT2D eigenvalue weighted by atomic mass is 10.0. The predicted molar refractivity (Wildman–Crippen MR) is 124 cm³/mol. The Balaban J connectivity index is 1.39. The van der Waals surface area contributed by atoms with E-state index in [4.69, 9.17) is 0 Å². The van der Waals surface area contributed by atoms with Crippen LogP contribution in [0.2, 0.25) is 0 Å². The molecule has 0 aliphatic carbocycles. The van der Waals surface area contributed by atoms with Gasteiger partial charge in [-0.05, 0) is 66.5 Å². The molecular weight excluding hydrogens is 458 g/mol. The van der Waals surface area contributed by atoms with Gasteiger partial charge in [0.25, 0.3) is 11.8 Å². The highest BCUT2D eigenvalue weighted by atomic mass is 79.9. The Morgan fingerprint density at radius 1 is 1.16 bits per heavy atom. The van der Waals surface area contributed by atoms with Crippen LogP contribution < -0.4 is 5.32 Å². The molecule has 1 saturated heterocycles. The number of aromatic amines is 1. The van der Waals surface area contributed by atoms with Crippen LogP contribution in [-0.4, -0.2) is 64.3 Å². The molecule has 2 N–H and O–H groups in total. The Bertz CT molecular complexity index is 1080. The average Bonchev–Trinajstić information content (AvgIpc) is 3.25. The SMILES string of the molecule is Cc1c(/C=C2\C(=O)Nc3ncc(Br)cc32)[nH]c2c1C(=O)N(CCN1CCCCC1)CC2. The van der Waals surface area contributed by atoms with Crippen LogP contribution in [0.3, 0.4) is 0 Å². The Morgan fingerprint density at radius 2 is 1.97 bits per heavy atom. The van der Waals surface area contributed by atoms with Gasteiger partial charge in [0, 0.05) is 53.7 Å². The third-order valence-electron chi connectivity index (χ3n) is 6.54. The maximum Gasteiger partial charge on any atom is 0.257 e. The summed E-state index contributed by atoms with van der Waals surface area (Å²) >= 11 is 3.43. The van der Waals surface area contributed by atoms with Gasteiger partial charge >= 0.3 is 0 Å². The van der Waals surface area contributed by atoms with E-state index in [2.05, 4.69) is 36.1 Å². The van der Waals surface area contributed by atoms with Crippen molar-refractivity contribution in [3.63, 3.8) is 0 Å². The number of piperidine rings is 1. The molecular formula is C23H26BrN5O2. The number of carbonyl (C=O) groups is 2. The zero-order chi connectivity index (χ0) is 21.5. The lowest BCUT2D eigenvalue weighted by molar-refractivity contribution is -0.110. The molecule has 3 aliphatic rings. The van der Waals surface area contributed by atoms with Crippen molar-refractivity contribution >= 4 is 45.2 Å². The van der Waals surface area contributed by atoms with Crippen molar-refractivity contribution in [2.45, 2.75) is 32.6 Å². The number of aromatic nitrogens is 2. The number of fused-ring (bicyclic) bond motifs is 2. The minimum atomic E-state index is -0.179. The number of rotatable bonds is 4. The number of nitrogens with zero attached hydrogens (tertiary/aromatic N) is 3. The largest absolute Gasteiger partial charge is 0.358 e. The zero-order valence-electron chi connectivity index (χ0n) is 17.6. The van der Waals surface area contributed by atoms with E-state index in [9.17, 15) is 9.59 Å². The van der Waals surface area contributed by atoms with Crippen molar-refractivity contribution < 1.29 is 9.59 Å². The molecule has 0 aromatic carbocycles. The van der Waals surface area contributed by atoms with Crippen LogP contribution in [0.4, 0.5) is 5.82 Å². The quantitative estimate of drug-likeness (QED) is 0.652. The maximum atomic E-state index is 13.2. The maximum absolute atomic E-state index is 13.2. The zero-order valence-corrected chi connectivity index (χ0v) is 19.2. The summed E-state index contributed by atoms with van der Waals surface area (Å²) in [7, 11) is 0. The Kier molecular flexibility index (Phi) is 5.44. The first-order valence-corrected chi connectivity index (χ1v) is 11.7. The average molecular weight is 484 g/mol. The summed E-state index contributed by atoms with van der Waals surface area (Å²) in [5.74, 6) is 0.479. The molecule has 0 bridgehead atoms. The van der Waals surface area contributed by atoms with E-state index in [-0.39, 0.29) is 11.8 Å². The highest BCUT2D eigenvalue weighted by Gasteiger charge is 2.31. The van der Waals surface area contributed by atoms with Gasteiger partial charge in [-0.1, -0.05) is 6.42 Å². The van der Waals surface area contributed by atoms with Crippen LogP contribution in [0.1, 0.15) is 52.1 Å². The molecule has 31 heavy (non-hydrogen) atoms. The van der Waals surface area contributed by atoms with Crippen LogP contribution in [0.5, 0.6) is 0 Å². The molecule has 0 saturated carbocycles. The van der Waals surface area contributed by atoms with Gasteiger partial charge in [-0.3, -0.25) is 9.59 Å². The molecule has 7 nitrogen and oxygen atoms in total. The minimum Gasteiger partial charge on any atom is -0.358 e. The molecule has 0 spiro atoms. The molecule has 2 aromatic rings. The van der Waals surface area contributed by atoms with E-state index in [1.807, 2.05) is 24.0 Å². The minimum absolute atomic E-state index is 0.0948. The van der Waals surface area contributed by atoms with Crippen LogP contribution >= 0.6 is 15.9 Å². The molecule has 2 amide bonds. The second-order valence-corrected chi connectivity index (χ2v) is 9.44. The van der Waals surface area contributed by atoms with E-state index in [0.717, 1.165) is 71.7 Å². The number of amides is 2. The fourth-order valence-corrected chi connectivity index (χ4v) is 5.13. The Labute approximate surface area is 190 Å². The van der Waals surface area contributed by atoms with Crippen molar-refractivity contribution in [1.29, 1.82) is 0 Å². The predicted octanol–water partition coefficient (Wildman–Crippen LogP) is 3.46. The third kappa shape index (κ3) is 3.83. The number of carbonyl (C=O) groups excluding carboxylic acids is 2. The summed E-state index contributed by atoms with van der Waals surface area (Å²) in [5, 5.41) is 2.81. The van der Waals surface area contributed by atoms with E-state index in [1.54, 1.807) is 6.20 Å². The molecule has 162 valence electrons. The van der Waals surface area contributed by atoms with Gasteiger partial charge in [0.2, 0.25) is 0 Å². The van der Waals surface area contributed by atoms with E-state index < -0.39 is 0 Å². The Morgan fingerprint density at radius 3 is 2.77 bits per heavy atom. The van der Waals surface area contributed by atoms with Crippen LogP contribution in [0.15, 0.2) is 16.7 Å². The highest BCUT2D eigenvalue weighted by Crippen LogP contribution is 2.34. The number of hydrogen-bond acceptors (Lipinski definition) is 4. The number of hydrogen-bond donors (Lipinski definition) is 2. The third-order valence-corrected chi connectivity index (χ3v) is 6.98. The summed E-state index contributed by atoms with van der Waals surface area (Å²) in [6.07, 6.45) is 8.15. The molecule has 0 radical (unpaired) electrons. The van der Waals surface area contributed by atoms with Crippen LogP contribution in [-0.2, 0) is 11.2 Å². The first-order chi connectivity index (χ1) is 15.0. The molecule has 5 heterocycles. The van der Waals surface area contributed by atoms with E-state index in [0.29, 0.717) is 11.4 Å². The molecule has 2 aromatic heterocycles. The monoisotopic (exact) mass is 483 g/mol. The van der Waals surface area contributed by atoms with Gasteiger partial charge in [-0.15, -0.1) is 0 Å². The van der Waals surface area contributed by atoms with Gasteiger partial charge in [0.1, 0.15) is 5.82 Å². The van der Waals surface area contributed by atoms with Gasteiger partial charge in [-0.2, -0.15) is 0 Å². The fourth-order valence-electron chi connectivity index (χ4n) is 4.80. The lowest BCUT2D eigenvalue weighted by Gasteiger charge is -2.32. The van der Waals surface area contributed by atoms with Crippen molar-refractivity contribution in [1.82, 2.24) is 19.8 Å². The summed E-state index contributed by atoms with van der Waals surface area (Å²) in [6.45, 7) is 6.69. The fraction of sp³-hybridized carbons (Fsp3) is 0.435. The standard InChI is InChI=1S/C23H26BrN5O2/c1-14-19(12-17-16-11-15(24)13-25-21(16)27-22(17)30)26-18-5-8-29(23(31)20(14)18)10-9-28-6-3-2-4-7-28/h11-13,26H,2-10H2,1H3,(H,25,27,30)/b17-12-. The summed E-state index contributed by atoms with van der Waals surface area (Å²) in [4.78, 5) is 37.9. The van der Waals surface area contributed by atoms with Gasteiger partial charge in [-0.25, -0.2) is 4.98 Å². The number of H-pyrrole nitrogens is 1. The first kappa shape index (κ1) is 20.5. The van der Waals surface area contributed by atoms with Gasteiger partial charge < -0.3 is 20.1 Å². The van der Waals surface area contributed by atoms with Crippen LogP contribution in [0, 0.1) is 6.92 Å². The molecule has 3 aliphatic heterocycles. The molecule has 8 heteroatoms. The van der Waals surface area contributed by atoms with Gasteiger partial charge in [0.15, 0.2) is 0 Å². The second-order valence-electron chi connectivity index (χ2n) is 8.52. The highest BCUT2D eigenvalue weighted by molar-refractivity contribution is 9.10. The number of pyridine rings is 1. The first-order valence-electron chi connectivity index (χ1n) is 10.9. The van der Waals surface area contributed by atoms with Gasteiger partial charge in [0.05, 0.1) is 11.1 Å². The van der Waals surface area contributed by atoms with Crippen molar-refractivity contribution in [3.8, 4) is 0 Å². The number of nitrogens with one attached hydrogen (secondary N) is 2. The van der Waals surface area contributed by atoms with Crippen molar-refractivity contribution in [2.24, 2.45) is 0 Å². The molecule has 1 fully saturated rings. The van der Waals surface area contributed by atoms with Crippen molar-refractivity contribution in [3.05, 3.63) is 44.8 Å². The normalized spacial score (nSPS) is 20.2. The summed E-state index contributed by atoms with van der Waals surface area (Å²) in [5.41, 5.74) is 4.77. The number of halogens is 1. The lowest BCUT2D eigenvalue weighted by Crippen LogP contribution is -2.43. The summed E-state index contributed by atoms with van der Waals surface area (Å²) < 4.78 is 0.815. The summed E-state index contributed by atoms with van der Waals surface area (Å²) in [6, 6.07) is 1.89. The number of likely N-dealkylation sites (tertiary alicyclic amines) is 1. The molecule has 0 atom stereocenters. The van der Waals surface area contributed by atoms with Crippen molar-refractivity contribution in [2.75, 3.05) is 38.0 Å². The van der Waals surface area contributed by atoms with E-state index in [1.165, 1.54) is 19.3 Å². The van der Waals surface area contributed by atoms with E-state index >= 15 is 0 Å². The molecule has 5 rings (SSSR count).